The van der Waals surface area contributed by atoms with Crippen LogP contribution in [0.3, 0.4) is 0 Å². The molecule has 8 nitrogen and oxygen atoms in total. The summed E-state index contributed by atoms with van der Waals surface area (Å²) >= 11 is 1.11. The van der Waals surface area contributed by atoms with Gasteiger partial charge in [0.1, 0.15) is 11.9 Å². The number of hydrogen-bond acceptors (Lipinski definition) is 7. The standard InChI is InChI=1S/C28H26FN7OS/c1-28(2,3)11-24(37)33-17-8-15(12-30-14-17)16-9-20-25(35-36-27(20)32-13-16)21-10-19-18(6-7-31-26(19)34-21)22-4-5-23(29)38-22/h4-10,12-14,24,33,37H,11H2,1-3H3,(H,31,34)(H,32,35,36). The van der Waals surface area contributed by atoms with Crippen LogP contribution >= 0.6 is 11.3 Å². The molecule has 0 amide bonds. The SMILES string of the molecule is CC(C)(C)CC(O)Nc1cncc(-c2cnc3n[nH]c(-c4cc5c(-c6ccc(F)s6)ccnc5[nH]4)c3c2)c1. The number of nitrogens with one attached hydrogen (secondary N) is 3. The van der Waals surface area contributed by atoms with E-state index in [4.69, 9.17) is 0 Å². The Morgan fingerprint density at radius 1 is 1.03 bits per heavy atom. The van der Waals surface area contributed by atoms with Crippen LogP contribution in [0.1, 0.15) is 27.2 Å². The summed E-state index contributed by atoms with van der Waals surface area (Å²) in [6.45, 7) is 6.26. The first kappa shape index (κ1) is 24.2. The molecule has 0 fully saturated rings. The first-order chi connectivity index (χ1) is 18.2. The fourth-order valence-electron chi connectivity index (χ4n) is 4.60. The Morgan fingerprint density at radius 3 is 2.66 bits per heavy atom. The van der Waals surface area contributed by atoms with Crippen molar-refractivity contribution in [2.75, 3.05) is 5.32 Å². The van der Waals surface area contributed by atoms with Gasteiger partial charge in [0.2, 0.25) is 0 Å². The van der Waals surface area contributed by atoms with E-state index in [2.05, 4.69) is 56.2 Å². The van der Waals surface area contributed by atoms with E-state index < -0.39 is 6.23 Å². The van der Waals surface area contributed by atoms with Crippen LogP contribution in [-0.4, -0.2) is 41.5 Å². The zero-order chi connectivity index (χ0) is 26.4. The largest absolute Gasteiger partial charge is 0.374 e. The van der Waals surface area contributed by atoms with Gasteiger partial charge < -0.3 is 15.4 Å². The Labute approximate surface area is 222 Å². The van der Waals surface area contributed by atoms with Crippen LogP contribution in [0.5, 0.6) is 0 Å². The Hall–Kier alpha value is -4.15. The monoisotopic (exact) mass is 527 g/mol. The van der Waals surface area contributed by atoms with E-state index in [0.717, 1.165) is 60.8 Å². The molecule has 0 saturated heterocycles. The van der Waals surface area contributed by atoms with Crippen molar-refractivity contribution in [2.45, 2.75) is 33.4 Å². The van der Waals surface area contributed by atoms with Gasteiger partial charge in [-0.15, -0.1) is 11.3 Å². The van der Waals surface area contributed by atoms with Gasteiger partial charge in [0.15, 0.2) is 10.8 Å². The molecule has 0 saturated carbocycles. The van der Waals surface area contributed by atoms with E-state index in [1.54, 1.807) is 30.9 Å². The molecule has 6 aromatic rings. The summed E-state index contributed by atoms with van der Waals surface area (Å²) in [4.78, 5) is 17.6. The van der Waals surface area contributed by atoms with Crippen molar-refractivity contribution < 1.29 is 9.50 Å². The van der Waals surface area contributed by atoms with Gasteiger partial charge in [0.05, 0.1) is 23.3 Å². The van der Waals surface area contributed by atoms with Gasteiger partial charge in [0, 0.05) is 50.9 Å². The number of aromatic nitrogens is 6. The lowest BCUT2D eigenvalue weighted by molar-refractivity contribution is 0.145. The third-order valence-corrected chi connectivity index (χ3v) is 7.17. The summed E-state index contributed by atoms with van der Waals surface area (Å²) in [7, 11) is 0. The molecule has 0 aromatic carbocycles. The highest BCUT2D eigenvalue weighted by Crippen LogP contribution is 2.36. The lowest BCUT2D eigenvalue weighted by Gasteiger charge is -2.23. The van der Waals surface area contributed by atoms with E-state index in [-0.39, 0.29) is 10.5 Å². The molecule has 192 valence electrons. The Bertz CT molecular complexity index is 1760. The van der Waals surface area contributed by atoms with Crippen molar-refractivity contribution in [1.29, 1.82) is 0 Å². The molecule has 0 spiro atoms. The van der Waals surface area contributed by atoms with Crippen molar-refractivity contribution in [1.82, 2.24) is 30.1 Å². The summed E-state index contributed by atoms with van der Waals surface area (Å²) in [5.74, 6) is 0. The topological polar surface area (TPSA) is 115 Å². The molecule has 38 heavy (non-hydrogen) atoms. The number of aliphatic hydroxyl groups is 1. The molecule has 6 rings (SSSR count). The molecule has 0 bridgehead atoms. The van der Waals surface area contributed by atoms with Gasteiger partial charge in [-0.1, -0.05) is 20.8 Å². The predicted octanol–water partition coefficient (Wildman–Crippen LogP) is 6.60. The summed E-state index contributed by atoms with van der Waals surface area (Å²) in [6, 6.07) is 11.1. The highest BCUT2D eigenvalue weighted by molar-refractivity contribution is 7.14. The van der Waals surface area contributed by atoms with Gasteiger partial charge in [-0.2, -0.15) is 9.49 Å². The van der Waals surface area contributed by atoms with E-state index in [9.17, 15) is 9.50 Å². The lowest BCUT2D eigenvalue weighted by atomic mass is 9.91. The van der Waals surface area contributed by atoms with E-state index >= 15 is 0 Å². The number of H-pyrrole nitrogens is 2. The van der Waals surface area contributed by atoms with Gasteiger partial charge >= 0.3 is 0 Å². The first-order valence-electron chi connectivity index (χ1n) is 12.2. The molecule has 1 unspecified atom stereocenters. The van der Waals surface area contributed by atoms with Crippen LogP contribution < -0.4 is 5.32 Å². The number of pyridine rings is 3. The number of aromatic amines is 2. The molecule has 4 N–H and O–H groups in total. The van der Waals surface area contributed by atoms with Crippen LogP contribution in [0.2, 0.25) is 0 Å². The molecule has 0 aliphatic rings. The molecule has 0 aliphatic heterocycles. The summed E-state index contributed by atoms with van der Waals surface area (Å²) < 4.78 is 13.7. The number of halogens is 1. The summed E-state index contributed by atoms with van der Waals surface area (Å²) in [5.41, 5.74) is 6.22. The minimum absolute atomic E-state index is 0.0110. The average Bonchev–Trinajstić information content (AvgIpc) is 3.60. The number of rotatable bonds is 6. The second-order valence-electron chi connectivity index (χ2n) is 10.5. The highest BCUT2D eigenvalue weighted by atomic mass is 32.1. The molecule has 6 heterocycles. The maximum atomic E-state index is 13.7. The molecule has 0 aliphatic carbocycles. The first-order valence-corrected chi connectivity index (χ1v) is 13.0. The number of fused-ring (bicyclic) bond motifs is 2. The zero-order valence-electron chi connectivity index (χ0n) is 21.1. The van der Waals surface area contributed by atoms with Crippen LogP contribution in [0.4, 0.5) is 10.1 Å². The molecular formula is C28H26FN7OS. The van der Waals surface area contributed by atoms with Crippen LogP contribution in [0.25, 0.3) is 55.0 Å². The van der Waals surface area contributed by atoms with Crippen molar-refractivity contribution in [3.63, 3.8) is 0 Å². The highest BCUT2D eigenvalue weighted by Gasteiger charge is 2.18. The third-order valence-electron chi connectivity index (χ3n) is 6.26. The van der Waals surface area contributed by atoms with Crippen LogP contribution in [-0.2, 0) is 0 Å². The van der Waals surface area contributed by atoms with Gasteiger partial charge in [-0.25, -0.2) is 9.97 Å². The normalized spacial score (nSPS) is 12.9. The van der Waals surface area contributed by atoms with Gasteiger partial charge in [-0.05, 0) is 48.2 Å². The Morgan fingerprint density at radius 2 is 1.87 bits per heavy atom. The molecule has 1 atom stereocenters. The number of hydrogen-bond donors (Lipinski definition) is 4. The lowest BCUT2D eigenvalue weighted by Crippen LogP contribution is -2.25. The molecular weight excluding hydrogens is 501 g/mol. The summed E-state index contributed by atoms with van der Waals surface area (Å²) in [6.07, 6.45) is 6.86. The second kappa shape index (κ2) is 9.30. The van der Waals surface area contributed by atoms with E-state index in [1.807, 2.05) is 24.3 Å². The minimum atomic E-state index is -0.681. The Balaban J connectivity index is 1.36. The summed E-state index contributed by atoms with van der Waals surface area (Å²) in [5, 5.41) is 22.6. The van der Waals surface area contributed by atoms with Gasteiger partial charge in [0.25, 0.3) is 0 Å². The minimum Gasteiger partial charge on any atom is -0.374 e. The maximum absolute atomic E-state index is 13.7. The number of nitrogens with zero attached hydrogens (tertiary/aromatic N) is 4. The van der Waals surface area contributed by atoms with E-state index in [1.165, 1.54) is 6.07 Å². The van der Waals surface area contributed by atoms with Crippen molar-refractivity contribution in [3.05, 3.63) is 66.3 Å². The number of anilines is 1. The average molecular weight is 528 g/mol. The van der Waals surface area contributed by atoms with Crippen LogP contribution in [0, 0.1) is 10.5 Å². The maximum Gasteiger partial charge on any atom is 0.181 e. The van der Waals surface area contributed by atoms with Crippen LogP contribution in [0.15, 0.2) is 61.2 Å². The Kier molecular flexibility index (Phi) is 5.93. The molecule has 10 heteroatoms. The fraction of sp³-hybridized carbons (Fsp3) is 0.214. The number of aliphatic hydroxyl groups excluding tert-OH is 1. The quantitative estimate of drug-likeness (QED) is 0.182. The smallest absolute Gasteiger partial charge is 0.181 e. The van der Waals surface area contributed by atoms with Crippen molar-refractivity contribution >= 4 is 39.1 Å². The van der Waals surface area contributed by atoms with Gasteiger partial charge in [-0.3, -0.25) is 10.1 Å². The fourth-order valence-corrected chi connectivity index (χ4v) is 5.37. The molecule has 0 radical (unpaired) electrons. The van der Waals surface area contributed by atoms with Crippen molar-refractivity contribution in [3.8, 4) is 33.0 Å². The van der Waals surface area contributed by atoms with Crippen molar-refractivity contribution in [2.24, 2.45) is 5.41 Å². The molecule has 6 aromatic heterocycles. The second-order valence-corrected chi connectivity index (χ2v) is 11.5. The zero-order valence-corrected chi connectivity index (χ0v) is 21.9. The predicted molar refractivity (Wildman–Crippen MR) is 149 cm³/mol. The third kappa shape index (κ3) is 4.75. The number of thiophene rings is 1. The van der Waals surface area contributed by atoms with E-state index in [0.29, 0.717) is 17.7 Å².